The summed E-state index contributed by atoms with van der Waals surface area (Å²) >= 11 is 5.59. The molecule has 0 saturated carbocycles. The highest BCUT2D eigenvalue weighted by Gasteiger charge is 2.33. The molecule has 0 amide bonds. The molecule has 1 atom stereocenters. The molecule has 4 N–H and O–H groups in total. The summed E-state index contributed by atoms with van der Waals surface area (Å²) in [5.74, 6) is 0. The van der Waals surface area contributed by atoms with Crippen molar-refractivity contribution in [2.75, 3.05) is 6.54 Å². The Morgan fingerprint density at radius 1 is 1.29 bits per heavy atom. The minimum absolute atomic E-state index is 0.321. The summed E-state index contributed by atoms with van der Waals surface area (Å²) in [6, 6.07) is 3.25. The predicted molar refractivity (Wildman–Crippen MR) is 61.7 cm³/mol. The number of benzene rings is 1. The number of alkyl halides is 3. The second kappa shape index (κ2) is 5.71. The van der Waals surface area contributed by atoms with Gasteiger partial charge in [-0.05, 0) is 37.1 Å². The first-order valence-electron chi connectivity index (χ1n) is 5.18. The van der Waals surface area contributed by atoms with E-state index in [1.807, 2.05) is 0 Å². The maximum Gasteiger partial charge on any atom is 0.417 e. The molecule has 0 aromatic heterocycles. The molecule has 0 fully saturated rings. The van der Waals surface area contributed by atoms with Crippen LogP contribution in [0, 0.1) is 0 Å². The van der Waals surface area contributed by atoms with Gasteiger partial charge in [-0.1, -0.05) is 17.7 Å². The van der Waals surface area contributed by atoms with Crippen molar-refractivity contribution in [3.05, 3.63) is 34.3 Å². The molecule has 0 heterocycles. The lowest BCUT2D eigenvalue weighted by Gasteiger charge is -2.14. The third-order valence-electron chi connectivity index (χ3n) is 2.45. The van der Waals surface area contributed by atoms with E-state index in [4.69, 9.17) is 23.1 Å². The van der Waals surface area contributed by atoms with Gasteiger partial charge in [-0.15, -0.1) is 0 Å². The van der Waals surface area contributed by atoms with Gasteiger partial charge in [0.05, 0.1) is 10.6 Å². The van der Waals surface area contributed by atoms with Crippen molar-refractivity contribution in [2.24, 2.45) is 11.5 Å². The molecule has 1 aromatic rings. The maximum absolute atomic E-state index is 12.5. The third kappa shape index (κ3) is 3.87. The normalized spacial score (nSPS) is 13.8. The molecule has 1 rings (SSSR count). The van der Waals surface area contributed by atoms with Crippen molar-refractivity contribution in [3.8, 4) is 0 Å². The van der Waals surface area contributed by atoms with Crippen molar-refractivity contribution in [1.82, 2.24) is 0 Å². The lowest BCUT2D eigenvalue weighted by atomic mass is 10.0. The minimum Gasteiger partial charge on any atom is -0.330 e. The van der Waals surface area contributed by atoms with Gasteiger partial charge in [-0.3, -0.25) is 0 Å². The van der Waals surface area contributed by atoms with Crippen LogP contribution in [0.5, 0.6) is 0 Å². The molecule has 96 valence electrons. The van der Waals surface area contributed by atoms with E-state index in [9.17, 15) is 13.2 Å². The minimum atomic E-state index is -4.43. The molecule has 2 nitrogen and oxygen atoms in total. The van der Waals surface area contributed by atoms with Gasteiger partial charge < -0.3 is 11.5 Å². The van der Waals surface area contributed by atoms with Crippen molar-refractivity contribution in [3.63, 3.8) is 0 Å². The molecule has 0 spiro atoms. The Balaban J connectivity index is 2.89. The highest BCUT2D eigenvalue weighted by molar-refractivity contribution is 6.31. The Kier molecular flexibility index (Phi) is 4.80. The fourth-order valence-corrected chi connectivity index (χ4v) is 1.79. The summed E-state index contributed by atoms with van der Waals surface area (Å²) in [5.41, 5.74) is 10.9. The van der Waals surface area contributed by atoms with Crippen LogP contribution in [0.3, 0.4) is 0 Å². The summed E-state index contributed by atoms with van der Waals surface area (Å²) in [7, 11) is 0. The molecule has 0 aliphatic rings. The quantitative estimate of drug-likeness (QED) is 0.880. The summed E-state index contributed by atoms with van der Waals surface area (Å²) in [4.78, 5) is 0. The number of nitrogens with two attached hydrogens (primary N) is 2. The van der Waals surface area contributed by atoms with Crippen LogP contribution in [-0.2, 0) is 6.18 Å². The standard InChI is InChI=1S/C11H14ClF3N2/c12-9-6-7(10(17)2-1-5-16)3-4-8(9)11(13,14)15/h3-4,6,10H,1-2,5,16-17H2/t10-/m1/s1. The lowest BCUT2D eigenvalue weighted by molar-refractivity contribution is -0.137. The third-order valence-corrected chi connectivity index (χ3v) is 2.76. The van der Waals surface area contributed by atoms with Crippen LogP contribution in [0.4, 0.5) is 13.2 Å². The maximum atomic E-state index is 12.5. The first kappa shape index (κ1) is 14.3. The van der Waals surface area contributed by atoms with Crippen molar-refractivity contribution >= 4 is 11.6 Å². The Morgan fingerprint density at radius 2 is 1.94 bits per heavy atom. The van der Waals surface area contributed by atoms with E-state index in [-0.39, 0.29) is 11.1 Å². The zero-order valence-corrected chi connectivity index (χ0v) is 9.85. The van der Waals surface area contributed by atoms with Crippen LogP contribution in [0.15, 0.2) is 18.2 Å². The van der Waals surface area contributed by atoms with E-state index in [1.54, 1.807) is 0 Å². The topological polar surface area (TPSA) is 52.0 Å². The fraction of sp³-hybridized carbons (Fsp3) is 0.455. The van der Waals surface area contributed by atoms with Crippen molar-refractivity contribution in [2.45, 2.75) is 25.1 Å². The van der Waals surface area contributed by atoms with Gasteiger partial charge in [0.2, 0.25) is 0 Å². The molecule has 0 saturated heterocycles. The summed E-state index contributed by atoms with van der Waals surface area (Å²) in [6.45, 7) is 0.502. The highest BCUT2D eigenvalue weighted by atomic mass is 35.5. The summed E-state index contributed by atoms with van der Waals surface area (Å²) < 4.78 is 37.4. The van der Waals surface area contributed by atoms with E-state index < -0.39 is 11.7 Å². The summed E-state index contributed by atoms with van der Waals surface area (Å²) in [5, 5.41) is -0.321. The molecule has 0 aliphatic heterocycles. The second-order valence-corrected chi connectivity index (χ2v) is 4.18. The molecule has 0 unspecified atom stereocenters. The van der Waals surface area contributed by atoms with Gasteiger partial charge in [0, 0.05) is 6.04 Å². The van der Waals surface area contributed by atoms with Crippen molar-refractivity contribution < 1.29 is 13.2 Å². The average Bonchev–Trinajstić information content (AvgIpc) is 2.23. The van der Waals surface area contributed by atoms with E-state index in [0.717, 1.165) is 12.5 Å². The molecule has 0 aliphatic carbocycles. The molecular formula is C11H14ClF3N2. The second-order valence-electron chi connectivity index (χ2n) is 3.77. The summed E-state index contributed by atoms with van der Waals surface area (Å²) in [6.07, 6.45) is -3.09. The van der Waals surface area contributed by atoms with Crippen LogP contribution >= 0.6 is 11.6 Å². The first-order valence-corrected chi connectivity index (χ1v) is 5.56. The van der Waals surface area contributed by atoms with Crippen LogP contribution in [0.1, 0.15) is 30.0 Å². The van der Waals surface area contributed by atoms with Crippen LogP contribution < -0.4 is 11.5 Å². The van der Waals surface area contributed by atoms with Crippen molar-refractivity contribution in [1.29, 1.82) is 0 Å². The smallest absolute Gasteiger partial charge is 0.330 e. The van der Waals surface area contributed by atoms with E-state index in [2.05, 4.69) is 0 Å². The Bertz CT molecular complexity index is 379. The number of halogens is 4. The van der Waals surface area contributed by atoms with Crippen LogP contribution in [0.25, 0.3) is 0 Å². The van der Waals surface area contributed by atoms with Gasteiger partial charge in [-0.25, -0.2) is 0 Å². The first-order chi connectivity index (χ1) is 7.86. The Hall–Kier alpha value is -0.780. The average molecular weight is 267 g/mol. The monoisotopic (exact) mass is 266 g/mol. The molecule has 1 aromatic carbocycles. The van der Waals surface area contributed by atoms with Gasteiger partial charge >= 0.3 is 6.18 Å². The van der Waals surface area contributed by atoms with Gasteiger partial charge in [0.25, 0.3) is 0 Å². The predicted octanol–water partition coefficient (Wildman–Crippen LogP) is 3.10. The van der Waals surface area contributed by atoms with Gasteiger partial charge in [0.1, 0.15) is 0 Å². The number of hydrogen-bond donors (Lipinski definition) is 2. The van der Waals surface area contributed by atoms with E-state index in [1.165, 1.54) is 12.1 Å². The largest absolute Gasteiger partial charge is 0.417 e. The molecule has 6 heteroatoms. The van der Waals surface area contributed by atoms with Crippen LogP contribution in [0.2, 0.25) is 5.02 Å². The molecular weight excluding hydrogens is 253 g/mol. The van der Waals surface area contributed by atoms with E-state index >= 15 is 0 Å². The van der Waals surface area contributed by atoms with Gasteiger partial charge in [-0.2, -0.15) is 13.2 Å². The number of hydrogen-bond acceptors (Lipinski definition) is 2. The number of rotatable bonds is 4. The molecule has 0 radical (unpaired) electrons. The zero-order valence-electron chi connectivity index (χ0n) is 9.10. The van der Waals surface area contributed by atoms with Crippen LogP contribution in [-0.4, -0.2) is 6.54 Å². The lowest BCUT2D eigenvalue weighted by Crippen LogP contribution is -2.13. The Labute approximate surface area is 103 Å². The highest BCUT2D eigenvalue weighted by Crippen LogP contribution is 2.35. The molecule has 0 bridgehead atoms. The molecule has 17 heavy (non-hydrogen) atoms. The van der Waals surface area contributed by atoms with Gasteiger partial charge in [0.15, 0.2) is 0 Å². The Morgan fingerprint density at radius 3 is 2.41 bits per heavy atom. The zero-order chi connectivity index (χ0) is 13.1. The van der Waals surface area contributed by atoms with E-state index in [0.29, 0.717) is 18.5 Å². The fourth-order valence-electron chi connectivity index (χ4n) is 1.50. The SMILES string of the molecule is NCCC[C@@H](N)c1ccc(C(F)(F)F)c(Cl)c1.